The number of anilines is 1. The zero-order valence-electron chi connectivity index (χ0n) is 12.1. The van der Waals surface area contributed by atoms with Crippen molar-refractivity contribution in [3.8, 4) is 11.5 Å². The monoisotopic (exact) mass is 305 g/mol. The van der Waals surface area contributed by atoms with E-state index in [1.165, 1.54) is 19.2 Å². The molecule has 0 saturated heterocycles. The van der Waals surface area contributed by atoms with E-state index in [9.17, 15) is 4.79 Å². The van der Waals surface area contributed by atoms with Gasteiger partial charge in [0.15, 0.2) is 5.75 Å². The summed E-state index contributed by atoms with van der Waals surface area (Å²) in [4.78, 5) is 11.9. The number of hydrogen-bond acceptors (Lipinski definition) is 4. The van der Waals surface area contributed by atoms with Crippen LogP contribution in [0.1, 0.15) is 21.5 Å². The molecule has 110 valence electrons. The lowest BCUT2D eigenvalue weighted by molar-refractivity contribution is 0.0598. The summed E-state index contributed by atoms with van der Waals surface area (Å²) < 4.78 is 10.6. The van der Waals surface area contributed by atoms with Gasteiger partial charge in [-0.05, 0) is 43.2 Å². The minimum absolute atomic E-state index is 0.198. The molecule has 0 amide bonds. The third kappa shape index (κ3) is 3.28. The first kappa shape index (κ1) is 15.2. The van der Waals surface area contributed by atoms with Gasteiger partial charge in [-0.1, -0.05) is 23.7 Å². The SMILES string of the molecule is COC(=O)c1cc(N)cc(Cl)c1Oc1cc(C)ccc1C. The summed E-state index contributed by atoms with van der Waals surface area (Å²) >= 11 is 6.16. The molecular formula is C16H16ClNO3. The second kappa shape index (κ2) is 6.06. The van der Waals surface area contributed by atoms with Gasteiger partial charge in [-0.3, -0.25) is 0 Å². The van der Waals surface area contributed by atoms with Crippen LogP contribution in [0.15, 0.2) is 30.3 Å². The second-order valence-corrected chi connectivity index (χ2v) is 5.15. The molecule has 0 aliphatic heterocycles. The maximum Gasteiger partial charge on any atom is 0.341 e. The van der Waals surface area contributed by atoms with Crippen molar-refractivity contribution in [3.05, 3.63) is 52.0 Å². The average Bonchev–Trinajstić information content (AvgIpc) is 2.44. The molecule has 5 heteroatoms. The lowest BCUT2D eigenvalue weighted by Crippen LogP contribution is -2.06. The zero-order valence-corrected chi connectivity index (χ0v) is 12.8. The van der Waals surface area contributed by atoms with Crippen LogP contribution < -0.4 is 10.5 Å². The maximum atomic E-state index is 11.9. The number of hydrogen-bond donors (Lipinski definition) is 1. The molecule has 2 N–H and O–H groups in total. The van der Waals surface area contributed by atoms with Gasteiger partial charge in [-0.25, -0.2) is 4.79 Å². The highest BCUT2D eigenvalue weighted by atomic mass is 35.5. The Morgan fingerprint density at radius 1 is 1.19 bits per heavy atom. The topological polar surface area (TPSA) is 61.5 Å². The minimum atomic E-state index is -0.551. The van der Waals surface area contributed by atoms with Crippen molar-refractivity contribution in [2.75, 3.05) is 12.8 Å². The fourth-order valence-electron chi connectivity index (χ4n) is 1.91. The molecule has 2 aromatic rings. The number of aryl methyl sites for hydroxylation is 2. The van der Waals surface area contributed by atoms with Gasteiger partial charge in [-0.15, -0.1) is 0 Å². The van der Waals surface area contributed by atoms with E-state index in [0.29, 0.717) is 11.4 Å². The highest BCUT2D eigenvalue weighted by Crippen LogP contribution is 2.36. The quantitative estimate of drug-likeness (QED) is 0.684. The standard InChI is InChI=1S/C16H16ClNO3/c1-9-4-5-10(2)14(6-9)21-15-12(16(19)20-3)7-11(18)8-13(15)17/h4-8H,18H2,1-3H3. The molecule has 2 rings (SSSR count). The Bertz CT molecular complexity index is 698. The zero-order chi connectivity index (χ0) is 15.6. The number of nitrogens with two attached hydrogens (primary N) is 1. The van der Waals surface area contributed by atoms with Gasteiger partial charge < -0.3 is 15.2 Å². The predicted molar refractivity (Wildman–Crippen MR) is 83.2 cm³/mol. The van der Waals surface area contributed by atoms with Crippen LogP contribution in [-0.2, 0) is 4.74 Å². The molecule has 0 radical (unpaired) electrons. The van der Waals surface area contributed by atoms with Crippen LogP contribution in [0.25, 0.3) is 0 Å². The van der Waals surface area contributed by atoms with Gasteiger partial charge in [0.05, 0.1) is 12.1 Å². The molecule has 0 unspecified atom stereocenters. The van der Waals surface area contributed by atoms with Crippen LogP contribution in [0.4, 0.5) is 5.69 Å². The summed E-state index contributed by atoms with van der Waals surface area (Å²) in [5.74, 6) is 0.322. The molecule has 2 aromatic carbocycles. The van der Waals surface area contributed by atoms with Crippen LogP contribution >= 0.6 is 11.6 Å². The van der Waals surface area contributed by atoms with E-state index in [2.05, 4.69) is 0 Å². The first-order valence-electron chi connectivity index (χ1n) is 6.35. The molecular weight excluding hydrogens is 290 g/mol. The van der Waals surface area contributed by atoms with Gasteiger partial charge in [0.25, 0.3) is 0 Å². The van der Waals surface area contributed by atoms with Gasteiger partial charge in [0.2, 0.25) is 0 Å². The molecule has 0 aliphatic carbocycles. The van der Waals surface area contributed by atoms with E-state index in [1.54, 1.807) is 0 Å². The Morgan fingerprint density at radius 2 is 1.90 bits per heavy atom. The fraction of sp³-hybridized carbons (Fsp3) is 0.188. The first-order chi connectivity index (χ1) is 9.92. The number of nitrogen functional groups attached to an aromatic ring is 1. The Morgan fingerprint density at radius 3 is 2.57 bits per heavy atom. The number of ether oxygens (including phenoxy) is 2. The highest BCUT2D eigenvalue weighted by Gasteiger charge is 2.19. The Kier molecular flexibility index (Phi) is 4.38. The normalized spacial score (nSPS) is 10.3. The van der Waals surface area contributed by atoms with Crippen molar-refractivity contribution in [1.29, 1.82) is 0 Å². The summed E-state index contributed by atoms with van der Waals surface area (Å²) in [6.45, 7) is 3.87. The molecule has 21 heavy (non-hydrogen) atoms. The third-order valence-corrected chi connectivity index (χ3v) is 3.31. The van der Waals surface area contributed by atoms with Gasteiger partial charge >= 0.3 is 5.97 Å². The number of halogens is 1. The van der Waals surface area contributed by atoms with E-state index >= 15 is 0 Å². The van der Waals surface area contributed by atoms with Crippen LogP contribution in [-0.4, -0.2) is 13.1 Å². The van der Waals surface area contributed by atoms with Crippen molar-refractivity contribution < 1.29 is 14.3 Å². The van der Waals surface area contributed by atoms with Crippen molar-refractivity contribution >= 4 is 23.3 Å². The summed E-state index contributed by atoms with van der Waals surface area (Å²) in [6, 6.07) is 8.82. The number of esters is 1. The molecule has 0 aliphatic rings. The molecule has 0 bridgehead atoms. The van der Waals surface area contributed by atoms with Crippen molar-refractivity contribution in [2.24, 2.45) is 0 Å². The van der Waals surface area contributed by atoms with Crippen molar-refractivity contribution in [3.63, 3.8) is 0 Å². The summed E-state index contributed by atoms with van der Waals surface area (Å²) in [5, 5.41) is 0.260. The largest absolute Gasteiger partial charge is 0.465 e. The summed E-state index contributed by atoms with van der Waals surface area (Å²) in [6.07, 6.45) is 0. The Hall–Kier alpha value is -2.20. The van der Waals surface area contributed by atoms with E-state index in [-0.39, 0.29) is 16.3 Å². The number of rotatable bonds is 3. The van der Waals surface area contributed by atoms with Crippen LogP contribution in [0.2, 0.25) is 5.02 Å². The number of carbonyl (C=O) groups is 1. The van der Waals surface area contributed by atoms with Gasteiger partial charge in [-0.2, -0.15) is 0 Å². The molecule has 4 nitrogen and oxygen atoms in total. The molecule has 0 atom stereocenters. The lowest BCUT2D eigenvalue weighted by Gasteiger charge is -2.14. The molecule has 0 spiro atoms. The average molecular weight is 306 g/mol. The van der Waals surface area contributed by atoms with Crippen LogP contribution in [0, 0.1) is 13.8 Å². The molecule has 0 saturated carbocycles. The van der Waals surface area contributed by atoms with Crippen molar-refractivity contribution in [2.45, 2.75) is 13.8 Å². The van der Waals surface area contributed by atoms with E-state index in [0.717, 1.165) is 11.1 Å². The lowest BCUT2D eigenvalue weighted by atomic mass is 10.1. The Labute approximate surface area is 128 Å². The number of benzene rings is 2. The maximum absolute atomic E-state index is 11.9. The molecule has 0 aromatic heterocycles. The van der Waals surface area contributed by atoms with Crippen molar-refractivity contribution in [1.82, 2.24) is 0 Å². The van der Waals surface area contributed by atoms with E-state index < -0.39 is 5.97 Å². The molecule has 0 heterocycles. The smallest absolute Gasteiger partial charge is 0.341 e. The predicted octanol–water partition coefficient (Wildman–Crippen LogP) is 4.12. The third-order valence-electron chi connectivity index (χ3n) is 3.03. The van der Waals surface area contributed by atoms with E-state index in [1.807, 2.05) is 32.0 Å². The van der Waals surface area contributed by atoms with Gasteiger partial charge in [0.1, 0.15) is 11.3 Å². The van der Waals surface area contributed by atoms with Crippen LogP contribution in [0.3, 0.4) is 0 Å². The van der Waals surface area contributed by atoms with Gasteiger partial charge in [0, 0.05) is 5.69 Å². The van der Waals surface area contributed by atoms with E-state index in [4.69, 9.17) is 26.8 Å². The fourth-order valence-corrected chi connectivity index (χ4v) is 2.17. The minimum Gasteiger partial charge on any atom is -0.465 e. The summed E-state index contributed by atoms with van der Waals surface area (Å²) in [5.41, 5.74) is 8.27. The summed E-state index contributed by atoms with van der Waals surface area (Å²) in [7, 11) is 1.29. The second-order valence-electron chi connectivity index (χ2n) is 4.74. The first-order valence-corrected chi connectivity index (χ1v) is 6.72. The number of methoxy groups -OCH3 is 1. The highest BCUT2D eigenvalue weighted by molar-refractivity contribution is 6.33. The Balaban J connectivity index is 2.53. The van der Waals surface area contributed by atoms with Crippen LogP contribution in [0.5, 0.6) is 11.5 Å². The molecule has 0 fully saturated rings. The number of carbonyl (C=O) groups excluding carboxylic acids is 1.